The molecule has 2 nitrogen and oxygen atoms in total. The second-order valence-electron chi connectivity index (χ2n) is 3.58. The van der Waals surface area contributed by atoms with Gasteiger partial charge in [-0.1, -0.05) is 30.3 Å². The summed E-state index contributed by atoms with van der Waals surface area (Å²) in [6, 6.07) is 13.6. The summed E-state index contributed by atoms with van der Waals surface area (Å²) >= 11 is 1.63. The first-order valence-corrected chi connectivity index (χ1v) is 5.88. The van der Waals surface area contributed by atoms with Crippen LogP contribution in [0.25, 0.3) is 21.3 Å². The fourth-order valence-corrected chi connectivity index (χ4v) is 2.54. The van der Waals surface area contributed by atoms with Gasteiger partial charge in [0.05, 0.1) is 10.2 Å². The highest BCUT2D eigenvalue weighted by Crippen LogP contribution is 2.22. The molecular weight excluding hydrogens is 218 g/mol. The number of H-pyrrole nitrogens is 1. The number of aromatic nitrogens is 1. The van der Waals surface area contributed by atoms with Gasteiger partial charge < -0.3 is 4.98 Å². The Balaban J connectivity index is 2.31. The Bertz CT molecular complexity index is 682. The van der Waals surface area contributed by atoms with Gasteiger partial charge >= 0.3 is 0 Å². The van der Waals surface area contributed by atoms with Gasteiger partial charge in [-0.2, -0.15) is 0 Å². The molecule has 0 bridgehead atoms. The van der Waals surface area contributed by atoms with Gasteiger partial charge in [0.25, 0.3) is 5.56 Å². The van der Waals surface area contributed by atoms with Crippen molar-refractivity contribution in [3.8, 4) is 11.1 Å². The maximum atomic E-state index is 11.9. The van der Waals surface area contributed by atoms with Gasteiger partial charge in [0, 0.05) is 5.56 Å². The average molecular weight is 227 g/mol. The minimum absolute atomic E-state index is 0.0305. The van der Waals surface area contributed by atoms with Gasteiger partial charge in [-0.25, -0.2) is 0 Å². The van der Waals surface area contributed by atoms with Gasteiger partial charge in [-0.05, 0) is 23.1 Å². The van der Waals surface area contributed by atoms with Gasteiger partial charge in [-0.15, -0.1) is 11.3 Å². The third kappa shape index (κ3) is 1.46. The summed E-state index contributed by atoms with van der Waals surface area (Å²) in [6.45, 7) is 0. The molecule has 3 aromatic rings. The van der Waals surface area contributed by atoms with E-state index in [0.29, 0.717) is 0 Å². The summed E-state index contributed by atoms with van der Waals surface area (Å²) in [5.41, 5.74) is 2.57. The first kappa shape index (κ1) is 9.36. The van der Waals surface area contributed by atoms with E-state index in [-0.39, 0.29) is 5.56 Å². The molecular formula is C13H9NOS. The Morgan fingerprint density at radius 2 is 1.88 bits per heavy atom. The van der Waals surface area contributed by atoms with Crippen molar-refractivity contribution in [3.05, 3.63) is 58.2 Å². The molecule has 0 aliphatic carbocycles. The van der Waals surface area contributed by atoms with Crippen LogP contribution in [0.4, 0.5) is 0 Å². The van der Waals surface area contributed by atoms with Crippen LogP contribution in [0.1, 0.15) is 0 Å². The van der Waals surface area contributed by atoms with E-state index in [4.69, 9.17) is 0 Å². The fourth-order valence-electron chi connectivity index (χ4n) is 1.75. The number of fused-ring (bicyclic) bond motifs is 1. The second kappa shape index (κ2) is 3.61. The zero-order chi connectivity index (χ0) is 11.0. The molecule has 0 saturated heterocycles. The van der Waals surface area contributed by atoms with Gasteiger partial charge in [-0.3, -0.25) is 4.79 Å². The predicted molar refractivity (Wildman–Crippen MR) is 67.9 cm³/mol. The lowest BCUT2D eigenvalue weighted by atomic mass is 10.1. The van der Waals surface area contributed by atoms with E-state index in [2.05, 4.69) is 4.98 Å². The molecule has 0 atom stereocenters. The monoisotopic (exact) mass is 227 g/mol. The van der Waals surface area contributed by atoms with Crippen molar-refractivity contribution in [1.29, 1.82) is 0 Å². The van der Waals surface area contributed by atoms with Crippen LogP contribution in [-0.4, -0.2) is 4.98 Å². The Labute approximate surface area is 96.2 Å². The lowest BCUT2D eigenvalue weighted by Crippen LogP contribution is -2.07. The zero-order valence-electron chi connectivity index (χ0n) is 8.44. The van der Waals surface area contributed by atoms with Gasteiger partial charge in [0.2, 0.25) is 0 Å². The molecule has 3 heteroatoms. The highest BCUT2D eigenvalue weighted by Gasteiger charge is 2.05. The number of thiophene rings is 1. The van der Waals surface area contributed by atoms with E-state index < -0.39 is 0 Å². The maximum Gasteiger partial charge on any atom is 0.256 e. The minimum Gasteiger partial charge on any atom is -0.321 e. The van der Waals surface area contributed by atoms with Crippen LogP contribution in [0.2, 0.25) is 0 Å². The van der Waals surface area contributed by atoms with Crippen LogP contribution < -0.4 is 5.56 Å². The van der Waals surface area contributed by atoms with Crippen molar-refractivity contribution < 1.29 is 0 Å². The molecule has 16 heavy (non-hydrogen) atoms. The number of hydrogen-bond acceptors (Lipinski definition) is 2. The lowest BCUT2D eigenvalue weighted by Gasteiger charge is -2.00. The Morgan fingerprint density at radius 1 is 1.06 bits per heavy atom. The van der Waals surface area contributed by atoms with Crippen LogP contribution in [-0.2, 0) is 0 Å². The summed E-state index contributed by atoms with van der Waals surface area (Å²) in [5, 5.41) is 1.98. The molecule has 0 amide bonds. The quantitative estimate of drug-likeness (QED) is 0.680. The smallest absolute Gasteiger partial charge is 0.256 e. The van der Waals surface area contributed by atoms with Crippen LogP contribution in [0.5, 0.6) is 0 Å². The molecule has 0 aliphatic heterocycles. The molecule has 3 rings (SSSR count). The topological polar surface area (TPSA) is 32.9 Å². The first-order valence-electron chi connectivity index (χ1n) is 5.00. The number of benzene rings is 1. The molecule has 2 aromatic heterocycles. The summed E-state index contributed by atoms with van der Waals surface area (Å²) in [4.78, 5) is 14.8. The average Bonchev–Trinajstić information content (AvgIpc) is 2.76. The molecule has 1 N–H and O–H groups in total. The predicted octanol–water partition coefficient (Wildman–Crippen LogP) is 3.26. The van der Waals surface area contributed by atoms with E-state index in [0.717, 1.165) is 21.3 Å². The summed E-state index contributed by atoms with van der Waals surface area (Å²) in [6.07, 6.45) is 0. The summed E-state index contributed by atoms with van der Waals surface area (Å²) < 4.78 is 1.11. The number of aromatic amines is 1. The van der Waals surface area contributed by atoms with E-state index >= 15 is 0 Å². The fraction of sp³-hybridized carbons (Fsp3) is 0. The SMILES string of the molecule is O=c1[nH]c2ccsc2cc1-c1ccccc1. The van der Waals surface area contributed by atoms with Crippen LogP contribution in [0.15, 0.2) is 52.6 Å². The Hall–Kier alpha value is -1.87. The normalized spacial score (nSPS) is 10.8. The number of pyridine rings is 1. The standard InChI is InChI=1S/C13H9NOS/c15-13-10(9-4-2-1-3-5-9)8-12-11(14-13)6-7-16-12/h1-8H,(H,14,15). The third-order valence-corrected chi connectivity index (χ3v) is 3.41. The van der Waals surface area contributed by atoms with Crippen molar-refractivity contribution in [2.45, 2.75) is 0 Å². The highest BCUT2D eigenvalue weighted by atomic mass is 32.1. The van der Waals surface area contributed by atoms with Crippen molar-refractivity contribution in [2.24, 2.45) is 0 Å². The van der Waals surface area contributed by atoms with E-state index in [1.54, 1.807) is 11.3 Å². The Morgan fingerprint density at radius 3 is 2.69 bits per heavy atom. The highest BCUT2D eigenvalue weighted by molar-refractivity contribution is 7.17. The largest absolute Gasteiger partial charge is 0.321 e. The number of nitrogens with one attached hydrogen (secondary N) is 1. The molecule has 1 aromatic carbocycles. The molecule has 0 fully saturated rings. The van der Waals surface area contributed by atoms with E-state index in [9.17, 15) is 4.79 Å². The van der Waals surface area contributed by atoms with Gasteiger partial charge in [0.15, 0.2) is 0 Å². The van der Waals surface area contributed by atoms with Crippen molar-refractivity contribution in [2.75, 3.05) is 0 Å². The molecule has 0 aliphatic rings. The Kier molecular flexibility index (Phi) is 2.11. The third-order valence-electron chi connectivity index (χ3n) is 2.55. The summed E-state index contributed by atoms with van der Waals surface area (Å²) in [7, 11) is 0. The molecule has 0 saturated carbocycles. The number of rotatable bonds is 1. The maximum absolute atomic E-state index is 11.9. The van der Waals surface area contributed by atoms with Crippen molar-refractivity contribution in [3.63, 3.8) is 0 Å². The molecule has 0 unspecified atom stereocenters. The van der Waals surface area contributed by atoms with Crippen LogP contribution >= 0.6 is 11.3 Å². The number of hydrogen-bond donors (Lipinski definition) is 1. The molecule has 0 radical (unpaired) electrons. The summed E-state index contributed by atoms with van der Waals surface area (Å²) in [5.74, 6) is 0. The zero-order valence-corrected chi connectivity index (χ0v) is 9.25. The van der Waals surface area contributed by atoms with E-state index in [1.807, 2.05) is 47.8 Å². The lowest BCUT2D eigenvalue weighted by molar-refractivity contribution is 1.31. The second-order valence-corrected chi connectivity index (χ2v) is 4.52. The van der Waals surface area contributed by atoms with Crippen molar-refractivity contribution >= 4 is 21.6 Å². The minimum atomic E-state index is -0.0305. The van der Waals surface area contributed by atoms with Crippen LogP contribution in [0.3, 0.4) is 0 Å². The van der Waals surface area contributed by atoms with Crippen LogP contribution in [0, 0.1) is 0 Å². The van der Waals surface area contributed by atoms with Gasteiger partial charge in [0.1, 0.15) is 0 Å². The molecule has 2 heterocycles. The van der Waals surface area contributed by atoms with E-state index in [1.165, 1.54) is 0 Å². The van der Waals surface area contributed by atoms with Crippen molar-refractivity contribution in [1.82, 2.24) is 4.98 Å². The molecule has 0 spiro atoms. The first-order chi connectivity index (χ1) is 7.84. The molecule has 78 valence electrons.